The summed E-state index contributed by atoms with van der Waals surface area (Å²) in [5.41, 5.74) is 0.681. The van der Waals surface area contributed by atoms with E-state index >= 15 is 0 Å². The topological polar surface area (TPSA) is 78.9 Å². The number of hydrogen-bond acceptors (Lipinski definition) is 6. The zero-order chi connectivity index (χ0) is 30.3. The number of carbonyl (C=O) groups excluding carboxylic acids is 3. The molecule has 0 aromatic heterocycles. The van der Waals surface area contributed by atoms with Crippen LogP contribution in [0.25, 0.3) is 0 Å². The van der Waals surface area contributed by atoms with E-state index in [4.69, 9.17) is 14.2 Å². The Bertz CT molecular complexity index is 1140. The molecule has 0 heterocycles. The first-order valence-corrected chi connectivity index (χ1v) is 16.1. The first-order chi connectivity index (χ1) is 19.0. The molecule has 0 aliphatic heterocycles. The number of ether oxygens (including phenoxy) is 3. The van der Waals surface area contributed by atoms with E-state index in [0.717, 1.165) is 25.2 Å². The van der Waals surface area contributed by atoms with E-state index in [0.29, 0.717) is 29.6 Å². The molecular formula is C35H54O6. The second-order valence-electron chi connectivity index (χ2n) is 15.9. The van der Waals surface area contributed by atoms with Crippen LogP contribution in [0.15, 0.2) is 11.6 Å². The van der Waals surface area contributed by atoms with Gasteiger partial charge in [0.1, 0.15) is 11.5 Å². The Morgan fingerprint density at radius 3 is 2.07 bits per heavy atom. The molecular weight excluding hydrogens is 516 g/mol. The molecule has 0 amide bonds. The van der Waals surface area contributed by atoms with Gasteiger partial charge in [0.15, 0.2) is 6.10 Å². The third-order valence-electron chi connectivity index (χ3n) is 14.0. The van der Waals surface area contributed by atoms with E-state index in [1.807, 2.05) is 6.92 Å². The van der Waals surface area contributed by atoms with Gasteiger partial charge in [0.2, 0.25) is 0 Å². The van der Waals surface area contributed by atoms with Gasteiger partial charge in [0.25, 0.3) is 0 Å². The fourth-order valence-electron chi connectivity index (χ4n) is 12.2. The van der Waals surface area contributed by atoms with Crippen LogP contribution in [0.1, 0.15) is 114 Å². The van der Waals surface area contributed by atoms with Crippen molar-refractivity contribution in [3.63, 3.8) is 0 Å². The van der Waals surface area contributed by atoms with Crippen molar-refractivity contribution in [1.29, 1.82) is 0 Å². The van der Waals surface area contributed by atoms with Crippen molar-refractivity contribution >= 4 is 17.9 Å². The van der Waals surface area contributed by atoms with Crippen molar-refractivity contribution in [2.24, 2.45) is 56.7 Å². The van der Waals surface area contributed by atoms with Gasteiger partial charge in [-0.15, -0.1) is 0 Å². The summed E-state index contributed by atoms with van der Waals surface area (Å²) in [6.45, 7) is 19.5. The summed E-state index contributed by atoms with van der Waals surface area (Å²) >= 11 is 0. The molecule has 0 N–H and O–H groups in total. The molecule has 5 aliphatic carbocycles. The Kier molecular flexibility index (Phi) is 7.34. The summed E-state index contributed by atoms with van der Waals surface area (Å²) in [5, 5.41) is 0. The highest BCUT2D eigenvalue weighted by molar-refractivity contribution is 5.79. The molecule has 5 aliphatic rings. The largest absolute Gasteiger partial charge is 0.468 e. The van der Waals surface area contributed by atoms with Crippen molar-refractivity contribution in [2.75, 3.05) is 7.11 Å². The van der Waals surface area contributed by atoms with Gasteiger partial charge < -0.3 is 14.2 Å². The Balaban J connectivity index is 1.60. The lowest BCUT2D eigenvalue weighted by atomic mass is 9.35. The summed E-state index contributed by atoms with van der Waals surface area (Å²) in [5.74, 6) is 1.20. The number of esters is 3. The standard InChI is InChI=1S/C35H54O6/c1-20(2)23-11-13-27-31(23,5)17-18-33(7)25-12-14-28-32(6,24(25)15-16-34(27,33)8)19-26(40-21(3)36)29(41-22(4)37)35(28,9)30(38)39-10/h15,20,23,25-29H,11-14,16-19H2,1-10H3/t23-,25+,26-,27-,28-,29+,31-,32-,33-,34+,35-/m1/s1. The molecule has 6 nitrogen and oxygen atoms in total. The fourth-order valence-corrected chi connectivity index (χ4v) is 12.2. The minimum atomic E-state index is -1.14. The van der Waals surface area contributed by atoms with E-state index in [2.05, 4.69) is 47.6 Å². The smallest absolute Gasteiger partial charge is 0.315 e. The van der Waals surface area contributed by atoms with Crippen LogP contribution >= 0.6 is 0 Å². The molecule has 4 saturated carbocycles. The highest BCUT2D eigenvalue weighted by Crippen LogP contribution is 2.76. The lowest BCUT2D eigenvalue weighted by Crippen LogP contribution is -2.67. The zero-order valence-corrected chi connectivity index (χ0v) is 27.2. The molecule has 0 bridgehead atoms. The van der Waals surface area contributed by atoms with Gasteiger partial charge in [-0.25, -0.2) is 0 Å². The molecule has 0 spiro atoms. The Hall–Kier alpha value is -1.85. The van der Waals surface area contributed by atoms with Crippen molar-refractivity contribution < 1.29 is 28.6 Å². The second kappa shape index (κ2) is 9.84. The second-order valence-corrected chi connectivity index (χ2v) is 15.9. The van der Waals surface area contributed by atoms with Crippen LogP contribution in [0.3, 0.4) is 0 Å². The molecule has 11 atom stereocenters. The molecule has 0 aromatic carbocycles. The first kappa shape index (κ1) is 30.6. The Labute approximate surface area is 247 Å². The average molecular weight is 571 g/mol. The number of allylic oxidation sites excluding steroid dienone is 2. The van der Waals surface area contributed by atoms with Crippen molar-refractivity contribution in [3.8, 4) is 0 Å². The van der Waals surface area contributed by atoms with E-state index in [9.17, 15) is 14.4 Å². The third-order valence-corrected chi connectivity index (χ3v) is 14.0. The molecule has 0 saturated heterocycles. The molecule has 41 heavy (non-hydrogen) atoms. The van der Waals surface area contributed by atoms with Crippen LogP contribution in [0.2, 0.25) is 0 Å². The van der Waals surface area contributed by atoms with E-state index in [1.165, 1.54) is 52.2 Å². The first-order valence-electron chi connectivity index (χ1n) is 16.1. The monoisotopic (exact) mass is 570 g/mol. The van der Waals surface area contributed by atoms with Crippen LogP contribution in [0.4, 0.5) is 0 Å². The van der Waals surface area contributed by atoms with Gasteiger partial charge in [-0.2, -0.15) is 0 Å². The predicted molar refractivity (Wildman–Crippen MR) is 157 cm³/mol. The predicted octanol–water partition coefficient (Wildman–Crippen LogP) is 7.29. The lowest BCUT2D eigenvalue weighted by molar-refractivity contribution is -0.224. The summed E-state index contributed by atoms with van der Waals surface area (Å²) in [7, 11) is 1.40. The molecule has 0 radical (unpaired) electrons. The quantitative estimate of drug-likeness (QED) is 0.201. The van der Waals surface area contributed by atoms with Crippen LogP contribution < -0.4 is 0 Å². The minimum absolute atomic E-state index is 0.0975. The molecule has 230 valence electrons. The summed E-state index contributed by atoms with van der Waals surface area (Å²) in [4.78, 5) is 38.3. The minimum Gasteiger partial charge on any atom is -0.468 e. The van der Waals surface area contributed by atoms with Crippen LogP contribution in [0.5, 0.6) is 0 Å². The van der Waals surface area contributed by atoms with Gasteiger partial charge in [-0.1, -0.05) is 53.2 Å². The third kappa shape index (κ3) is 4.04. The van der Waals surface area contributed by atoms with E-state index < -0.39 is 35.5 Å². The maximum absolute atomic E-state index is 13.7. The van der Waals surface area contributed by atoms with E-state index in [1.54, 1.807) is 0 Å². The number of fused-ring (bicyclic) bond motifs is 7. The molecule has 6 heteroatoms. The van der Waals surface area contributed by atoms with Crippen molar-refractivity contribution in [2.45, 2.75) is 126 Å². The normalized spacial score (nSPS) is 48.6. The summed E-state index contributed by atoms with van der Waals surface area (Å²) in [6.07, 6.45) is 9.52. The molecule has 4 fully saturated rings. The molecule has 0 aromatic rings. The number of hydrogen-bond donors (Lipinski definition) is 0. The van der Waals surface area contributed by atoms with Crippen molar-refractivity contribution in [1.82, 2.24) is 0 Å². The highest BCUT2D eigenvalue weighted by atomic mass is 16.6. The number of methoxy groups -OCH3 is 1. The molecule has 0 unspecified atom stereocenters. The van der Waals surface area contributed by atoms with E-state index in [-0.39, 0.29) is 22.2 Å². The maximum atomic E-state index is 13.7. The maximum Gasteiger partial charge on any atom is 0.315 e. The summed E-state index contributed by atoms with van der Waals surface area (Å²) in [6, 6.07) is 0. The van der Waals surface area contributed by atoms with Crippen LogP contribution in [0, 0.1) is 56.7 Å². The fraction of sp³-hybridized carbons (Fsp3) is 0.857. The van der Waals surface area contributed by atoms with Gasteiger partial charge >= 0.3 is 17.9 Å². The van der Waals surface area contributed by atoms with Gasteiger partial charge in [0, 0.05) is 13.8 Å². The SMILES string of the molecule is COC(=O)[C@@]1(C)[C@@H](OC(C)=O)[C@H](OC(C)=O)C[C@]2(C)C3=CC[C@@]4(C)[C@@H]5CC[C@H](C(C)C)[C@@]5(C)CC[C@]4(C)[C@H]3CC[C@@H]12. The highest BCUT2D eigenvalue weighted by Gasteiger charge is 2.71. The average Bonchev–Trinajstić information content (AvgIpc) is 3.25. The Morgan fingerprint density at radius 2 is 1.49 bits per heavy atom. The number of rotatable bonds is 4. The van der Waals surface area contributed by atoms with Gasteiger partial charge in [0.05, 0.1) is 7.11 Å². The zero-order valence-electron chi connectivity index (χ0n) is 27.2. The van der Waals surface area contributed by atoms with Crippen LogP contribution in [-0.2, 0) is 28.6 Å². The summed E-state index contributed by atoms with van der Waals surface area (Å²) < 4.78 is 17.1. The van der Waals surface area contributed by atoms with Gasteiger partial charge in [-0.3, -0.25) is 14.4 Å². The number of carbonyl (C=O) groups is 3. The van der Waals surface area contributed by atoms with Crippen molar-refractivity contribution in [3.05, 3.63) is 11.6 Å². The van der Waals surface area contributed by atoms with Crippen LogP contribution in [-0.4, -0.2) is 37.2 Å². The molecule has 5 rings (SSSR count). The van der Waals surface area contributed by atoms with Gasteiger partial charge in [-0.05, 0) is 110 Å². The lowest BCUT2D eigenvalue weighted by Gasteiger charge is -2.69. The Morgan fingerprint density at radius 1 is 0.854 bits per heavy atom.